The van der Waals surface area contributed by atoms with Crippen LogP contribution in [-0.4, -0.2) is 39.9 Å². The first-order chi connectivity index (χ1) is 8.81. The van der Waals surface area contributed by atoms with Gasteiger partial charge in [0.1, 0.15) is 0 Å². The van der Waals surface area contributed by atoms with E-state index in [1.54, 1.807) is 13.8 Å². The van der Waals surface area contributed by atoms with Gasteiger partial charge in [0.25, 0.3) is 0 Å². The quantitative estimate of drug-likeness (QED) is 0.815. The lowest BCUT2D eigenvalue weighted by molar-refractivity contribution is 0.139. The van der Waals surface area contributed by atoms with Crippen LogP contribution in [0.15, 0.2) is 17.0 Å². The number of nitrogens with one attached hydrogen (secondary N) is 1. The summed E-state index contributed by atoms with van der Waals surface area (Å²) >= 11 is 0. The largest absolute Gasteiger partial charge is 0.395 e. The zero-order valence-corrected chi connectivity index (χ0v) is 12.5. The number of benzene rings is 1. The molecule has 1 rings (SSSR count). The summed E-state index contributed by atoms with van der Waals surface area (Å²) in [5.41, 5.74) is 2.41. The second-order valence-electron chi connectivity index (χ2n) is 4.68. The van der Waals surface area contributed by atoms with Crippen LogP contribution in [0.2, 0.25) is 0 Å². The number of ether oxygens (including phenoxy) is 1. The van der Waals surface area contributed by atoms with E-state index in [-0.39, 0.29) is 18.1 Å². The van der Waals surface area contributed by atoms with Crippen molar-refractivity contribution in [3.63, 3.8) is 0 Å². The molecule has 0 heterocycles. The highest BCUT2D eigenvalue weighted by Crippen LogP contribution is 2.21. The summed E-state index contributed by atoms with van der Waals surface area (Å²) in [6, 6.07) is 3.01. The highest BCUT2D eigenvalue weighted by atomic mass is 32.2. The van der Waals surface area contributed by atoms with Crippen LogP contribution in [-0.2, 0) is 14.8 Å². The van der Waals surface area contributed by atoms with Crippen LogP contribution in [0.4, 0.5) is 0 Å². The Morgan fingerprint density at radius 3 is 2.21 bits per heavy atom. The molecule has 2 N–H and O–H groups in total. The van der Waals surface area contributed by atoms with Gasteiger partial charge < -0.3 is 9.84 Å². The topological polar surface area (TPSA) is 75.6 Å². The van der Waals surface area contributed by atoms with E-state index in [1.807, 2.05) is 19.1 Å². The third-order valence-electron chi connectivity index (χ3n) is 2.78. The van der Waals surface area contributed by atoms with Crippen LogP contribution in [0.25, 0.3) is 0 Å². The van der Waals surface area contributed by atoms with Crippen molar-refractivity contribution in [1.82, 2.24) is 4.72 Å². The van der Waals surface area contributed by atoms with Crippen LogP contribution in [0.5, 0.6) is 0 Å². The molecule has 5 nitrogen and oxygen atoms in total. The summed E-state index contributed by atoms with van der Waals surface area (Å²) in [5.74, 6) is 0. The first-order valence-corrected chi connectivity index (χ1v) is 7.50. The van der Waals surface area contributed by atoms with Gasteiger partial charge in [0.15, 0.2) is 0 Å². The Balaban J connectivity index is 3.14. The summed E-state index contributed by atoms with van der Waals surface area (Å²) in [6.45, 7) is 5.26. The van der Waals surface area contributed by atoms with Gasteiger partial charge in [-0.3, -0.25) is 0 Å². The number of aliphatic hydroxyl groups excluding tert-OH is 1. The van der Waals surface area contributed by atoms with Gasteiger partial charge in [-0.2, -0.15) is 0 Å². The summed E-state index contributed by atoms with van der Waals surface area (Å²) in [4.78, 5) is 0.271. The Kier molecular flexibility index (Phi) is 5.49. The second-order valence-corrected chi connectivity index (χ2v) is 6.33. The number of sulfonamides is 1. The number of aliphatic hydroxyl groups is 1. The highest BCUT2D eigenvalue weighted by molar-refractivity contribution is 7.89. The molecule has 0 aliphatic rings. The van der Waals surface area contributed by atoms with Gasteiger partial charge in [0.05, 0.1) is 24.2 Å². The molecule has 0 aromatic heterocycles. The second kappa shape index (κ2) is 6.47. The molecule has 19 heavy (non-hydrogen) atoms. The van der Waals surface area contributed by atoms with Gasteiger partial charge >= 0.3 is 0 Å². The fraction of sp³-hybridized carbons (Fsp3) is 0.538. The normalized spacial score (nSPS) is 13.5. The lowest BCUT2D eigenvalue weighted by Crippen LogP contribution is -2.41. The van der Waals surface area contributed by atoms with E-state index in [9.17, 15) is 8.42 Å². The van der Waals surface area contributed by atoms with Gasteiger partial charge in [-0.05, 0) is 31.9 Å². The third kappa shape index (κ3) is 4.01. The number of rotatable bonds is 6. The Morgan fingerprint density at radius 1 is 1.26 bits per heavy atom. The highest BCUT2D eigenvalue weighted by Gasteiger charge is 2.23. The van der Waals surface area contributed by atoms with Crippen LogP contribution in [0.1, 0.15) is 16.7 Å². The minimum atomic E-state index is -3.66. The first-order valence-electron chi connectivity index (χ1n) is 6.01. The molecule has 1 aromatic rings. The smallest absolute Gasteiger partial charge is 0.241 e. The Bertz CT molecular complexity index is 517. The molecule has 0 saturated heterocycles. The molecule has 0 fully saturated rings. The van der Waals surface area contributed by atoms with Crippen LogP contribution in [0, 0.1) is 20.8 Å². The maximum Gasteiger partial charge on any atom is 0.241 e. The average molecular weight is 287 g/mol. The molecule has 1 aromatic carbocycles. The predicted octanol–water partition coefficient (Wildman–Crippen LogP) is 0.897. The van der Waals surface area contributed by atoms with Crippen molar-refractivity contribution in [2.75, 3.05) is 20.3 Å². The van der Waals surface area contributed by atoms with Gasteiger partial charge in [-0.25, -0.2) is 13.1 Å². The van der Waals surface area contributed by atoms with Crippen molar-refractivity contribution < 1.29 is 18.3 Å². The molecule has 0 aliphatic heterocycles. The molecule has 0 bridgehead atoms. The fourth-order valence-electron chi connectivity index (χ4n) is 2.19. The van der Waals surface area contributed by atoms with E-state index in [2.05, 4.69) is 4.72 Å². The number of hydrogen-bond acceptors (Lipinski definition) is 4. The minimum Gasteiger partial charge on any atom is -0.395 e. The Morgan fingerprint density at radius 2 is 1.79 bits per heavy atom. The lowest BCUT2D eigenvalue weighted by atomic mass is 10.1. The molecule has 0 aliphatic carbocycles. The summed E-state index contributed by atoms with van der Waals surface area (Å²) in [7, 11) is -2.20. The van der Waals surface area contributed by atoms with Gasteiger partial charge in [0.2, 0.25) is 10.0 Å². The van der Waals surface area contributed by atoms with E-state index in [0.29, 0.717) is 11.1 Å². The van der Waals surface area contributed by atoms with Crippen molar-refractivity contribution in [2.24, 2.45) is 0 Å². The lowest BCUT2D eigenvalue weighted by Gasteiger charge is -2.18. The number of hydrogen-bond donors (Lipinski definition) is 2. The van der Waals surface area contributed by atoms with Crippen molar-refractivity contribution in [3.8, 4) is 0 Å². The average Bonchev–Trinajstić information content (AvgIpc) is 2.25. The number of methoxy groups -OCH3 is 1. The molecular weight excluding hydrogens is 266 g/mol. The molecule has 0 spiro atoms. The summed E-state index contributed by atoms with van der Waals surface area (Å²) in [6.07, 6.45) is 0. The molecule has 6 heteroatoms. The van der Waals surface area contributed by atoms with Gasteiger partial charge in [-0.1, -0.05) is 17.7 Å². The maximum absolute atomic E-state index is 12.4. The third-order valence-corrected chi connectivity index (χ3v) is 4.61. The van der Waals surface area contributed by atoms with Crippen molar-refractivity contribution in [3.05, 3.63) is 28.8 Å². The van der Waals surface area contributed by atoms with Crippen LogP contribution < -0.4 is 4.72 Å². The van der Waals surface area contributed by atoms with E-state index < -0.39 is 16.1 Å². The summed E-state index contributed by atoms with van der Waals surface area (Å²) < 4.78 is 32.0. The van der Waals surface area contributed by atoms with Gasteiger partial charge in [0, 0.05) is 7.11 Å². The van der Waals surface area contributed by atoms with Crippen molar-refractivity contribution in [1.29, 1.82) is 0 Å². The predicted molar refractivity (Wildman–Crippen MR) is 73.7 cm³/mol. The maximum atomic E-state index is 12.4. The van der Waals surface area contributed by atoms with Crippen molar-refractivity contribution in [2.45, 2.75) is 31.7 Å². The Hall–Kier alpha value is -0.950. The van der Waals surface area contributed by atoms with E-state index >= 15 is 0 Å². The SMILES string of the molecule is COCC(CO)NS(=O)(=O)c1c(C)cc(C)cc1C. The molecule has 0 amide bonds. The molecule has 0 radical (unpaired) electrons. The van der Waals surface area contributed by atoms with E-state index in [1.165, 1.54) is 7.11 Å². The Labute approximate surface area is 114 Å². The van der Waals surface area contributed by atoms with Crippen LogP contribution in [0.3, 0.4) is 0 Å². The molecule has 1 atom stereocenters. The molecule has 0 saturated carbocycles. The van der Waals surface area contributed by atoms with E-state index in [0.717, 1.165) is 5.56 Å². The van der Waals surface area contributed by atoms with E-state index in [4.69, 9.17) is 9.84 Å². The monoisotopic (exact) mass is 287 g/mol. The van der Waals surface area contributed by atoms with Crippen LogP contribution >= 0.6 is 0 Å². The van der Waals surface area contributed by atoms with Crippen molar-refractivity contribution >= 4 is 10.0 Å². The zero-order chi connectivity index (χ0) is 14.6. The standard InChI is InChI=1S/C13H21NO4S/c1-9-5-10(2)13(11(3)6-9)19(16,17)14-12(7-15)8-18-4/h5-6,12,14-15H,7-8H2,1-4H3. The summed E-state index contributed by atoms with van der Waals surface area (Å²) in [5, 5.41) is 9.14. The van der Waals surface area contributed by atoms with Gasteiger partial charge in [-0.15, -0.1) is 0 Å². The molecular formula is C13H21NO4S. The fourth-order valence-corrected chi connectivity index (χ4v) is 3.86. The molecule has 108 valence electrons. The zero-order valence-electron chi connectivity index (χ0n) is 11.7. The first kappa shape index (κ1) is 16.1. The minimum absolute atomic E-state index is 0.125. The molecule has 1 unspecified atom stereocenters. The number of aryl methyl sites for hydroxylation is 3.